The number of aryl methyl sites for hydroxylation is 1. The van der Waals surface area contributed by atoms with Crippen molar-refractivity contribution >= 4 is 12.1 Å². The van der Waals surface area contributed by atoms with Gasteiger partial charge in [0.25, 0.3) is 0 Å². The molecule has 1 fully saturated rings. The first-order valence-corrected chi connectivity index (χ1v) is 11.1. The summed E-state index contributed by atoms with van der Waals surface area (Å²) in [6.45, 7) is 12.6. The number of carbonyl (C=O) groups excluding carboxylic acids is 1. The lowest BCUT2D eigenvalue weighted by Crippen LogP contribution is -2.58. The molecule has 1 aliphatic heterocycles. The third-order valence-electron chi connectivity index (χ3n) is 5.59. The Hall–Kier alpha value is -2.08. The first kappa shape index (κ1) is 24.2. The third kappa shape index (κ3) is 7.63. The Balaban J connectivity index is 1.66. The number of amides is 1. The molecule has 0 aliphatic carbocycles. The summed E-state index contributed by atoms with van der Waals surface area (Å²) in [6, 6.07) is 7.84. The van der Waals surface area contributed by atoms with Crippen molar-refractivity contribution in [3.05, 3.63) is 35.4 Å². The molecule has 1 heterocycles. The number of carboxylic acids is 1. The maximum Gasteiger partial charge on any atom is 0.410 e. The molecular weight excluding hydrogens is 380 g/mol. The number of hydrogen-bond donors (Lipinski definition) is 1. The summed E-state index contributed by atoms with van der Waals surface area (Å²) >= 11 is 0. The van der Waals surface area contributed by atoms with Crippen LogP contribution in [-0.2, 0) is 11.2 Å². The quantitative estimate of drug-likeness (QED) is 0.613. The molecule has 2 atom stereocenters. The van der Waals surface area contributed by atoms with Gasteiger partial charge >= 0.3 is 12.1 Å². The Kier molecular flexibility index (Phi) is 8.71. The van der Waals surface area contributed by atoms with Crippen LogP contribution in [0.25, 0.3) is 0 Å². The van der Waals surface area contributed by atoms with Crippen LogP contribution in [0, 0.1) is 0 Å². The minimum Gasteiger partial charge on any atom is -0.478 e. The van der Waals surface area contributed by atoms with Crippen molar-refractivity contribution in [2.75, 3.05) is 19.6 Å². The molecule has 0 radical (unpaired) electrons. The number of hydrogen-bond acceptors (Lipinski definition) is 4. The maximum absolute atomic E-state index is 12.4. The van der Waals surface area contributed by atoms with Gasteiger partial charge in [0.15, 0.2) is 0 Å². The molecule has 0 spiro atoms. The second-order valence-electron chi connectivity index (χ2n) is 9.49. The standard InChI is InChI=1S/C24H38N2O4/c1-18-16-25(23(29)30-24(3,4)5)17-19(2)26(18)15-9-7-6-8-10-20-11-13-21(14-12-20)22(27)28/h11-14,18-19H,6-10,15-17H2,1-5H3,(H,27,28)/t18-,19+. The molecule has 1 aromatic carbocycles. The predicted octanol–water partition coefficient (Wildman–Crippen LogP) is 4.82. The zero-order valence-corrected chi connectivity index (χ0v) is 19.2. The Labute approximate surface area is 181 Å². The number of aromatic carboxylic acids is 1. The average molecular weight is 419 g/mol. The summed E-state index contributed by atoms with van der Waals surface area (Å²) in [5.41, 5.74) is 1.08. The Morgan fingerprint density at radius 1 is 1.00 bits per heavy atom. The molecular formula is C24H38N2O4. The van der Waals surface area contributed by atoms with E-state index in [9.17, 15) is 9.59 Å². The van der Waals surface area contributed by atoms with E-state index in [2.05, 4.69) is 18.7 Å². The molecule has 2 rings (SSSR count). The van der Waals surface area contributed by atoms with Crippen molar-refractivity contribution in [3.8, 4) is 0 Å². The van der Waals surface area contributed by atoms with Gasteiger partial charge < -0.3 is 14.7 Å². The fourth-order valence-corrected chi connectivity index (χ4v) is 4.06. The van der Waals surface area contributed by atoms with Crippen LogP contribution >= 0.6 is 0 Å². The number of carboxylic acid groups (broad SMARTS) is 1. The van der Waals surface area contributed by atoms with Crippen molar-refractivity contribution in [2.24, 2.45) is 0 Å². The van der Waals surface area contributed by atoms with Crippen LogP contribution in [0.4, 0.5) is 4.79 Å². The number of carbonyl (C=O) groups is 2. The van der Waals surface area contributed by atoms with Crippen LogP contribution in [0.3, 0.4) is 0 Å². The molecule has 0 saturated carbocycles. The predicted molar refractivity (Wildman–Crippen MR) is 119 cm³/mol. The van der Waals surface area contributed by atoms with E-state index in [1.165, 1.54) is 18.4 Å². The zero-order valence-electron chi connectivity index (χ0n) is 19.2. The number of ether oxygens (including phenoxy) is 1. The van der Waals surface area contributed by atoms with Crippen molar-refractivity contribution in [1.29, 1.82) is 0 Å². The van der Waals surface area contributed by atoms with Gasteiger partial charge in [-0.1, -0.05) is 25.0 Å². The van der Waals surface area contributed by atoms with E-state index in [1.807, 2.05) is 37.8 Å². The van der Waals surface area contributed by atoms with E-state index in [0.717, 1.165) is 25.8 Å². The van der Waals surface area contributed by atoms with Crippen LogP contribution in [-0.4, -0.2) is 64.3 Å². The highest BCUT2D eigenvalue weighted by Gasteiger charge is 2.33. The second-order valence-corrected chi connectivity index (χ2v) is 9.49. The Bertz CT molecular complexity index is 684. The first-order chi connectivity index (χ1) is 14.1. The van der Waals surface area contributed by atoms with Gasteiger partial charge in [-0.15, -0.1) is 0 Å². The van der Waals surface area contributed by atoms with Gasteiger partial charge in [-0.2, -0.15) is 0 Å². The van der Waals surface area contributed by atoms with Crippen LogP contribution in [0.15, 0.2) is 24.3 Å². The van der Waals surface area contributed by atoms with Gasteiger partial charge in [0.05, 0.1) is 5.56 Å². The van der Waals surface area contributed by atoms with Crippen molar-refractivity contribution in [1.82, 2.24) is 9.80 Å². The van der Waals surface area contributed by atoms with E-state index < -0.39 is 11.6 Å². The van der Waals surface area contributed by atoms with Crippen molar-refractivity contribution in [2.45, 2.75) is 84.4 Å². The number of unbranched alkanes of at least 4 members (excludes halogenated alkanes) is 3. The minimum absolute atomic E-state index is 0.211. The molecule has 1 N–H and O–H groups in total. The average Bonchev–Trinajstić information content (AvgIpc) is 2.65. The van der Waals surface area contributed by atoms with E-state index in [4.69, 9.17) is 9.84 Å². The Morgan fingerprint density at radius 3 is 2.10 bits per heavy atom. The largest absolute Gasteiger partial charge is 0.478 e. The van der Waals surface area contributed by atoms with Gasteiger partial charge in [0.1, 0.15) is 5.60 Å². The summed E-state index contributed by atoms with van der Waals surface area (Å²) in [5.74, 6) is -0.878. The molecule has 1 amide bonds. The van der Waals surface area contributed by atoms with Gasteiger partial charge in [-0.3, -0.25) is 4.90 Å². The fourth-order valence-electron chi connectivity index (χ4n) is 4.06. The van der Waals surface area contributed by atoms with Gasteiger partial charge in [-0.25, -0.2) is 9.59 Å². The van der Waals surface area contributed by atoms with Gasteiger partial charge in [-0.05, 0) is 78.1 Å². The lowest BCUT2D eigenvalue weighted by atomic mass is 10.0. The smallest absolute Gasteiger partial charge is 0.410 e. The lowest BCUT2D eigenvalue weighted by Gasteiger charge is -2.44. The Morgan fingerprint density at radius 2 is 1.57 bits per heavy atom. The molecule has 0 unspecified atom stereocenters. The summed E-state index contributed by atoms with van der Waals surface area (Å²) < 4.78 is 5.53. The van der Waals surface area contributed by atoms with E-state index in [0.29, 0.717) is 30.7 Å². The zero-order chi connectivity index (χ0) is 22.3. The molecule has 6 heteroatoms. The van der Waals surface area contributed by atoms with Crippen LogP contribution in [0.5, 0.6) is 0 Å². The molecule has 0 bridgehead atoms. The summed E-state index contributed by atoms with van der Waals surface area (Å²) in [5, 5.41) is 8.95. The molecule has 0 aromatic heterocycles. The number of rotatable bonds is 8. The highest BCUT2D eigenvalue weighted by molar-refractivity contribution is 5.87. The normalized spacial score (nSPS) is 20.2. The van der Waals surface area contributed by atoms with E-state index in [-0.39, 0.29) is 6.09 Å². The van der Waals surface area contributed by atoms with Gasteiger partial charge in [0, 0.05) is 25.2 Å². The fraction of sp³-hybridized carbons (Fsp3) is 0.667. The van der Waals surface area contributed by atoms with Crippen LogP contribution in [0.2, 0.25) is 0 Å². The van der Waals surface area contributed by atoms with E-state index in [1.54, 1.807) is 12.1 Å². The van der Waals surface area contributed by atoms with Crippen LogP contribution < -0.4 is 0 Å². The molecule has 30 heavy (non-hydrogen) atoms. The second kappa shape index (κ2) is 10.8. The minimum atomic E-state index is -0.878. The number of piperazine rings is 1. The lowest BCUT2D eigenvalue weighted by molar-refractivity contribution is -0.00785. The SMILES string of the molecule is C[C@@H]1CN(C(=O)OC(C)(C)C)C[C@H](C)N1CCCCCCc1ccc(C(=O)O)cc1. The molecule has 1 aliphatic rings. The van der Waals surface area contributed by atoms with Crippen LogP contribution in [0.1, 0.15) is 76.2 Å². The molecule has 1 aromatic rings. The molecule has 1 saturated heterocycles. The summed E-state index contributed by atoms with van der Waals surface area (Å²) in [4.78, 5) is 27.6. The number of nitrogens with zero attached hydrogens (tertiary/aromatic N) is 2. The molecule has 6 nitrogen and oxygen atoms in total. The van der Waals surface area contributed by atoms with Crippen molar-refractivity contribution in [3.63, 3.8) is 0 Å². The highest BCUT2D eigenvalue weighted by atomic mass is 16.6. The van der Waals surface area contributed by atoms with E-state index >= 15 is 0 Å². The maximum atomic E-state index is 12.4. The number of benzene rings is 1. The van der Waals surface area contributed by atoms with Gasteiger partial charge in [0.2, 0.25) is 0 Å². The topological polar surface area (TPSA) is 70.1 Å². The first-order valence-electron chi connectivity index (χ1n) is 11.1. The van der Waals surface area contributed by atoms with Crippen molar-refractivity contribution < 1.29 is 19.4 Å². The summed E-state index contributed by atoms with van der Waals surface area (Å²) in [7, 11) is 0. The highest BCUT2D eigenvalue weighted by Crippen LogP contribution is 2.20. The monoisotopic (exact) mass is 418 g/mol. The molecule has 168 valence electrons. The summed E-state index contributed by atoms with van der Waals surface area (Å²) in [6.07, 6.45) is 5.39. The third-order valence-corrected chi connectivity index (χ3v) is 5.59.